The Hall–Kier alpha value is -2.37. The largest absolute Gasteiger partial charge is 0.459 e. The number of benzene rings is 1. The lowest BCUT2D eigenvalue weighted by molar-refractivity contribution is 0.218. The minimum Gasteiger partial charge on any atom is -0.459 e. The number of thiocarbonyl (C=S) groups is 1. The second kappa shape index (κ2) is 7.81. The summed E-state index contributed by atoms with van der Waals surface area (Å²) in [6, 6.07) is 18.2. The zero-order valence-electron chi connectivity index (χ0n) is 15.9. The smallest absolute Gasteiger partial charge is 0.170 e. The lowest BCUT2D eigenvalue weighted by atomic mass is 10.0. The van der Waals surface area contributed by atoms with Crippen molar-refractivity contribution in [3.05, 3.63) is 77.3 Å². The Balaban J connectivity index is 1.54. The van der Waals surface area contributed by atoms with Crippen molar-refractivity contribution < 1.29 is 4.42 Å². The van der Waals surface area contributed by atoms with Crippen LogP contribution in [0.3, 0.4) is 0 Å². The molecule has 3 heterocycles. The van der Waals surface area contributed by atoms with E-state index in [2.05, 4.69) is 27.3 Å². The van der Waals surface area contributed by atoms with Gasteiger partial charge in [-0.05, 0) is 73.6 Å². The highest BCUT2D eigenvalue weighted by Gasteiger charge is 2.45. The number of pyridine rings is 1. The maximum absolute atomic E-state index is 6.37. The number of nitrogens with zero attached hydrogens (tertiary/aromatic N) is 2. The van der Waals surface area contributed by atoms with Crippen LogP contribution >= 0.6 is 23.8 Å². The summed E-state index contributed by atoms with van der Waals surface area (Å²) in [7, 11) is 0. The molecule has 6 heteroatoms. The number of rotatable bonds is 4. The van der Waals surface area contributed by atoms with Gasteiger partial charge in [0.05, 0.1) is 11.7 Å². The molecule has 5 rings (SSSR count). The summed E-state index contributed by atoms with van der Waals surface area (Å²) in [5.41, 5.74) is 1.99. The zero-order chi connectivity index (χ0) is 19.8. The van der Waals surface area contributed by atoms with Gasteiger partial charge in [-0.1, -0.05) is 30.5 Å². The van der Waals surface area contributed by atoms with Crippen LogP contribution in [0.1, 0.15) is 49.2 Å². The second-order valence-corrected chi connectivity index (χ2v) is 8.50. The van der Waals surface area contributed by atoms with E-state index in [1.165, 1.54) is 12.8 Å². The predicted octanol–water partition coefficient (Wildman–Crippen LogP) is 5.91. The highest BCUT2D eigenvalue weighted by Crippen LogP contribution is 2.44. The van der Waals surface area contributed by atoms with E-state index < -0.39 is 0 Å². The molecule has 2 atom stereocenters. The van der Waals surface area contributed by atoms with Crippen LogP contribution in [0.5, 0.6) is 0 Å². The van der Waals surface area contributed by atoms with Crippen molar-refractivity contribution in [3.8, 4) is 11.3 Å². The molecule has 0 unspecified atom stereocenters. The molecule has 2 fully saturated rings. The molecule has 2 aromatic heterocycles. The highest BCUT2D eigenvalue weighted by atomic mass is 35.5. The van der Waals surface area contributed by atoms with Crippen LogP contribution in [0.25, 0.3) is 11.3 Å². The standard InChI is InChI=1S/C23H22ClN3OS/c24-16-10-8-15(9-11-16)19-12-13-20(28-19)22-21(18-7-3-4-14-25-18)26-23(29)27(22)17-5-1-2-6-17/h3-4,7-14,17,21-22H,1-2,5-6H2,(H,26,29)/t21-,22-/m1/s1. The van der Waals surface area contributed by atoms with Gasteiger partial charge in [0, 0.05) is 22.8 Å². The van der Waals surface area contributed by atoms with Gasteiger partial charge in [0.1, 0.15) is 17.6 Å². The third kappa shape index (κ3) is 3.53. The van der Waals surface area contributed by atoms with Gasteiger partial charge >= 0.3 is 0 Å². The molecule has 0 bridgehead atoms. The summed E-state index contributed by atoms with van der Waals surface area (Å²) in [4.78, 5) is 6.95. The molecule has 0 spiro atoms. The molecule has 1 aliphatic heterocycles. The summed E-state index contributed by atoms with van der Waals surface area (Å²) in [5.74, 6) is 1.74. The van der Waals surface area contributed by atoms with Crippen LogP contribution in [-0.4, -0.2) is 21.0 Å². The molecule has 0 radical (unpaired) electrons. The van der Waals surface area contributed by atoms with Crippen molar-refractivity contribution in [2.75, 3.05) is 0 Å². The normalized spacial score (nSPS) is 22.2. The third-order valence-corrected chi connectivity index (χ3v) is 6.48. The van der Waals surface area contributed by atoms with Crippen molar-refractivity contribution in [1.29, 1.82) is 0 Å². The molecule has 1 saturated heterocycles. The monoisotopic (exact) mass is 423 g/mol. The summed E-state index contributed by atoms with van der Waals surface area (Å²) >= 11 is 11.8. The van der Waals surface area contributed by atoms with Crippen LogP contribution in [-0.2, 0) is 0 Å². The van der Waals surface area contributed by atoms with E-state index in [0.717, 1.165) is 40.7 Å². The lowest BCUT2D eigenvalue weighted by Crippen LogP contribution is -2.37. The van der Waals surface area contributed by atoms with E-state index in [1.807, 2.05) is 48.7 Å². The summed E-state index contributed by atoms with van der Waals surface area (Å²) in [6.07, 6.45) is 6.66. The fourth-order valence-electron chi connectivity index (χ4n) is 4.53. The Morgan fingerprint density at radius 2 is 1.83 bits per heavy atom. The van der Waals surface area contributed by atoms with Gasteiger partial charge in [-0.25, -0.2) is 0 Å². The van der Waals surface area contributed by atoms with E-state index >= 15 is 0 Å². The average Bonchev–Trinajstić information content (AvgIpc) is 3.48. The maximum Gasteiger partial charge on any atom is 0.170 e. The van der Waals surface area contributed by atoms with E-state index in [0.29, 0.717) is 11.1 Å². The number of hydrogen-bond donors (Lipinski definition) is 1. The minimum atomic E-state index is -0.0338. The SMILES string of the molecule is S=C1N[C@H](c2ccccn2)[C@@H](c2ccc(-c3ccc(Cl)cc3)o2)N1C1CCCC1. The first-order chi connectivity index (χ1) is 14.2. The Morgan fingerprint density at radius 3 is 2.55 bits per heavy atom. The third-order valence-electron chi connectivity index (χ3n) is 5.90. The number of nitrogens with one attached hydrogen (secondary N) is 1. The van der Waals surface area contributed by atoms with Gasteiger partial charge in [0.2, 0.25) is 0 Å². The zero-order valence-corrected chi connectivity index (χ0v) is 17.5. The van der Waals surface area contributed by atoms with Crippen LogP contribution in [0.2, 0.25) is 5.02 Å². The van der Waals surface area contributed by atoms with Gasteiger partial charge in [-0.3, -0.25) is 4.98 Å². The van der Waals surface area contributed by atoms with Crippen molar-refractivity contribution in [3.63, 3.8) is 0 Å². The molecule has 0 amide bonds. The van der Waals surface area contributed by atoms with Crippen LogP contribution < -0.4 is 5.32 Å². The summed E-state index contributed by atoms with van der Waals surface area (Å²) < 4.78 is 6.37. The molecular weight excluding hydrogens is 402 g/mol. The van der Waals surface area contributed by atoms with Crippen LogP contribution in [0.4, 0.5) is 0 Å². The minimum absolute atomic E-state index is 0.0125. The van der Waals surface area contributed by atoms with Crippen LogP contribution in [0, 0.1) is 0 Å². The lowest BCUT2D eigenvalue weighted by Gasteiger charge is -2.31. The molecule has 148 valence electrons. The average molecular weight is 424 g/mol. The van der Waals surface area contributed by atoms with Gasteiger partial charge in [-0.2, -0.15) is 0 Å². The van der Waals surface area contributed by atoms with Crippen molar-refractivity contribution in [2.45, 2.75) is 43.8 Å². The first-order valence-electron chi connectivity index (χ1n) is 10.1. The highest BCUT2D eigenvalue weighted by molar-refractivity contribution is 7.80. The number of hydrogen-bond acceptors (Lipinski definition) is 3. The first-order valence-corrected chi connectivity index (χ1v) is 10.8. The molecule has 4 nitrogen and oxygen atoms in total. The van der Waals surface area contributed by atoms with Crippen molar-refractivity contribution in [2.24, 2.45) is 0 Å². The van der Waals surface area contributed by atoms with Gasteiger partial charge in [-0.15, -0.1) is 0 Å². The molecule has 1 N–H and O–H groups in total. The molecule has 1 aromatic carbocycles. The molecule has 2 aliphatic rings. The molecule has 3 aromatic rings. The van der Waals surface area contributed by atoms with E-state index in [1.54, 1.807) is 0 Å². The second-order valence-electron chi connectivity index (χ2n) is 7.68. The Kier molecular flexibility index (Phi) is 5.02. The summed E-state index contributed by atoms with van der Waals surface area (Å²) in [5, 5.41) is 5.03. The summed E-state index contributed by atoms with van der Waals surface area (Å²) in [6.45, 7) is 0. The van der Waals surface area contributed by atoms with Gasteiger partial charge in [0.15, 0.2) is 5.11 Å². The van der Waals surface area contributed by atoms with Crippen molar-refractivity contribution >= 4 is 28.9 Å². The number of furan rings is 1. The fourth-order valence-corrected chi connectivity index (χ4v) is 5.04. The van der Waals surface area contributed by atoms with Gasteiger partial charge in [0.25, 0.3) is 0 Å². The maximum atomic E-state index is 6.37. The van der Waals surface area contributed by atoms with Gasteiger partial charge < -0.3 is 14.6 Å². The van der Waals surface area contributed by atoms with E-state index in [-0.39, 0.29) is 12.1 Å². The van der Waals surface area contributed by atoms with Crippen LogP contribution in [0.15, 0.2) is 65.2 Å². The number of halogens is 1. The molecule has 1 aliphatic carbocycles. The topological polar surface area (TPSA) is 41.3 Å². The number of aromatic nitrogens is 1. The first kappa shape index (κ1) is 18.6. The molecule has 29 heavy (non-hydrogen) atoms. The van der Waals surface area contributed by atoms with Crippen molar-refractivity contribution in [1.82, 2.24) is 15.2 Å². The Morgan fingerprint density at radius 1 is 1.03 bits per heavy atom. The molecule has 1 saturated carbocycles. The quantitative estimate of drug-likeness (QED) is 0.528. The van der Waals surface area contributed by atoms with E-state index in [9.17, 15) is 0 Å². The Labute approximate surface area is 180 Å². The Bertz CT molecular complexity index is 998. The predicted molar refractivity (Wildman–Crippen MR) is 119 cm³/mol. The van der Waals surface area contributed by atoms with E-state index in [4.69, 9.17) is 28.2 Å². The molecular formula is C23H22ClN3OS. The fraction of sp³-hybridized carbons (Fsp3) is 0.304.